The van der Waals surface area contributed by atoms with Crippen LogP contribution in [0.3, 0.4) is 0 Å². The second-order valence-electron chi connectivity index (χ2n) is 5.37. The van der Waals surface area contributed by atoms with Crippen molar-refractivity contribution >= 4 is 0 Å². The van der Waals surface area contributed by atoms with E-state index >= 15 is 0 Å². The van der Waals surface area contributed by atoms with Gasteiger partial charge in [-0.1, -0.05) is 49.7 Å². The van der Waals surface area contributed by atoms with Crippen molar-refractivity contribution in [3.05, 3.63) is 47.3 Å². The predicted molar refractivity (Wildman–Crippen MR) is 82.9 cm³/mol. The maximum absolute atomic E-state index is 4.26. The van der Waals surface area contributed by atoms with Crippen molar-refractivity contribution in [2.75, 3.05) is 0 Å². The van der Waals surface area contributed by atoms with Gasteiger partial charge in [0.05, 0.1) is 5.69 Å². The molecule has 0 amide bonds. The molecule has 0 N–H and O–H groups in total. The molecular weight excluding hydrogens is 246 g/mol. The second kappa shape index (κ2) is 7.22. The lowest BCUT2D eigenvalue weighted by Crippen LogP contribution is -2.02. The number of aromatic nitrogens is 3. The van der Waals surface area contributed by atoms with Crippen molar-refractivity contribution in [3.8, 4) is 0 Å². The van der Waals surface area contributed by atoms with Crippen molar-refractivity contribution < 1.29 is 0 Å². The molecule has 0 fully saturated rings. The average Bonchev–Trinajstić information content (AvgIpc) is 2.94. The van der Waals surface area contributed by atoms with Crippen LogP contribution in [0.15, 0.2) is 30.5 Å². The summed E-state index contributed by atoms with van der Waals surface area (Å²) < 4.78 is 1.90. The van der Waals surface area contributed by atoms with E-state index in [1.807, 2.05) is 4.68 Å². The Kier molecular flexibility index (Phi) is 5.33. The highest BCUT2D eigenvalue weighted by molar-refractivity contribution is 5.26. The topological polar surface area (TPSA) is 30.7 Å². The normalized spacial score (nSPS) is 12.6. The molecule has 1 unspecified atom stereocenters. The third kappa shape index (κ3) is 3.69. The fraction of sp³-hybridized carbons (Fsp3) is 0.529. The van der Waals surface area contributed by atoms with Crippen LogP contribution in [0, 0.1) is 0 Å². The molecule has 0 aliphatic carbocycles. The number of benzene rings is 1. The Morgan fingerprint density at radius 1 is 1.10 bits per heavy atom. The molecular formula is C17H25N3. The Morgan fingerprint density at radius 2 is 1.85 bits per heavy atom. The SMILES string of the molecule is CCCc1ccc(C(CC)Cc2cn(CC)nn2)cc1. The van der Waals surface area contributed by atoms with E-state index in [2.05, 4.69) is 61.5 Å². The summed E-state index contributed by atoms with van der Waals surface area (Å²) in [5, 5.41) is 8.38. The summed E-state index contributed by atoms with van der Waals surface area (Å²) in [6.45, 7) is 7.44. The van der Waals surface area contributed by atoms with E-state index in [0.717, 1.165) is 25.1 Å². The summed E-state index contributed by atoms with van der Waals surface area (Å²) in [7, 11) is 0. The minimum atomic E-state index is 0.535. The maximum atomic E-state index is 4.26. The van der Waals surface area contributed by atoms with Gasteiger partial charge in [-0.3, -0.25) is 4.68 Å². The smallest absolute Gasteiger partial charge is 0.0833 e. The van der Waals surface area contributed by atoms with Crippen LogP contribution < -0.4 is 0 Å². The first-order valence-electron chi connectivity index (χ1n) is 7.74. The minimum absolute atomic E-state index is 0.535. The van der Waals surface area contributed by atoms with Gasteiger partial charge in [-0.2, -0.15) is 0 Å². The number of nitrogens with zero attached hydrogens (tertiary/aromatic N) is 3. The first-order chi connectivity index (χ1) is 9.76. The fourth-order valence-corrected chi connectivity index (χ4v) is 2.58. The highest BCUT2D eigenvalue weighted by Crippen LogP contribution is 2.24. The van der Waals surface area contributed by atoms with E-state index < -0.39 is 0 Å². The zero-order chi connectivity index (χ0) is 14.4. The number of rotatable bonds is 7. The molecule has 108 valence electrons. The Hall–Kier alpha value is -1.64. The van der Waals surface area contributed by atoms with Gasteiger partial charge in [-0.15, -0.1) is 5.10 Å². The fourth-order valence-electron chi connectivity index (χ4n) is 2.58. The third-order valence-corrected chi connectivity index (χ3v) is 3.85. The van der Waals surface area contributed by atoms with Crippen molar-refractivity contribution in [3.63, 3.8) is 0 Å². The van der Waals surface area contributed by atoms with Crippen molar-refractivity contribution in [2.45, 2.75) is 58.9 Å². The summed E-state index contributed by atoms with van der Waals surface area (Å²) in [5.74, 6) is 0.535. The average molecular weight is 271 g/mol. The molecule has 0 saturated heterocycles. The van der Waals surface area contributed by atoms with E-state index in [4.69, 9.17) is 0 Å². The van der Waals surface area contributed by atoms with Crippen molar-refractivity contribution in [1.82, 2.24) is 15.0 Å². The van der Waals surface area contributed by atoms with E-state index in [9.17, 15) is 0 Å². The zero-order valence-electron chi connectivity index (χ0n) is 12.8. The summed E-state index contributed by atoms with van der Waals surface area (Å²) in [5.41, 5.74) is 3.94. The molecule has 0 spiro atoms. The molecule has 20 heavy (non-hydrogen) atoms. The van der Waals surface area contributed by atoms with Gasteiger partial charge in [0.25, 0.3) is 0 Å². The molecule has 1 atom stereocenters. The van der Waals surface area contributed by atoms with Crippen molar-refractivity contribution in [1.29, 1.82) is 0 Å². The van der Waals surface area contributed by atoms with Crippen molar-refractivity contribution in [2.24, 2.45) is 0 Å². The molecule has 2 aromatic rings. The summed E-state index contributed by atoms with van der Waals surface area (Å²) in [4.78, 5) is 0. The third-order valence-electron chi connectivity index (χ3n) is 3.85. The van der Waals surface area contributed by atoms with Crippen LogP contribution in [-0.2, 0) is 19.4 Å². The Labute approximate surface area is 122 Å². The first kappa shape index (κ1) is 14.8. The maximum Gasteiger partial charge on any atom is 0.0833 e. The molecule has 3 nitrogen and oxygen atoms in total. The van der Waals surface area contributed by atoms with Crippen LogP contribution >= 0.6 is 0 Å². The lowest BCUT2D eigenvalue weighted by molar-refractivity contribution is 0.624. The monoisotopic (exact) mass is 271 g/mol. The van der Waals surface area contributed by atoms with E-state index in [1.54, 1.807) is 0 Å². The first-order valence-corrected chi connectivity index (χ1v) is 7.74. The molecule has 3 heteroatoms. The van der Waals surface area contributed by atoms with Crippen LogP contribution in [0.25, 0.3) is 0 Å². The Morgan fingerprint density at radius 3 is 2.40 bits per heavy atom. The highest BCUT2D eigenvalue weighted by atomic mass is 15.4. The number of aryl methyl sites for hydroxylation is 2. The molecule has 0 saturated carbocycles. The Balaban J connectivity index is 2.07. The molecule has 1 aromatic heterocycles. The van der Waals surface area contributed by atoms with Gasteiger partial charge in [0.1, 0.15) is 0 Å². The largest absolute Gasteiger partial charge is 0.253 e. The molecule has 0 radical (unpaired) electrons. The second-order valence-corrected chi connectivity index (χ2v) is 5.37. The standard InChI is InChI=1S/C17H25N3/c1-4-7-14-8-10-16(11-9-14)15(5-2)12-17-13-20(6-3)19-18-17/h8-11,13,15H,4-7,12H2,1-3H3. The Bertz CT molecular complexity index is 513. The van der Waals surface area contributed by atoms with E-state index in [0.29, 0.717) is 5.92 Å². The quantitative estimate of drug-likeness (QED) is 0.762. The summed E-state index contributed by atoms with van der Waals surface area (Å²) in [6, 6.07) is 9.10. The summed E-state index contributed by atoms with van der Waals surface area (Å²) >= 11 is 0. The van der Waals surface area contributed by atoms with Gasteiger partial charge in [0.15, 0.2) is 0 Å². The molecule has 1 heterocycles. The van der Waals surface area contributed by atoms with Gasteiger partial charge in [0.2, 0.25) is 0 Å². The molecule has 0 aliphatic rings. The van der Waals surface area contributed by atoms with Gasteiger partial charge in [-0.05, 0) is 43.2 Å². The van der Waals surface area contributed by atoms with E-state index in [1.165, 1.54) is 24.0 Å². The van der Waals surface area contributed by atoms with Crippen LogP contribution in [0.1, 0.15) is 56.4 Å². The minimum Gasteiger partial charge on any atom is -0.253 e. The summed E-state index contributed by atoms with van der Waals surface area (Å²) in [6.07, 6.45) is 6.54. The zero-order valence-corrected chi connectivity index (χ0v) is 12.8. The molecule has 0 bridgehead atoms. The van der Waals surface area contributed by atoms with Gasteiger partial charge < -0.3 is 0 Å². The van der Waals surface area contributed by atoms with Gasteiger partial charge in [-0.25, -0.2) is 0 Å². The predicted octanol–water partition coefficient (Wildman–Crippen LogP) is 3.99. The van der Waals surface area contributed by atoms with Crippen LogP contribution in [0.2, 0.25) is 0 Å². The number of hydrogen-bond acceptors (Lipinski definition) is 2. The van der Waals surface area contributed by atoms with Gasteiger partial charge in [0, 0.05) is 12.7 Å². The van der Waals surface area contributed by atoms with E-state index in [-0.39, 0.29) is 0 Å². The number of hydrogen-bond donors (Lipinski definition) is 0. The van der Waals surface area contributed by atoms with Crippen LogP contribution in [0.4, 0.5) is 0 Å². The van der Waals surface area contributed by atoms with Crippen LogP contribution in [0.5, 0.6) is 0 Å². The molecule has 0 aliphatic heterocycles. The van der Waals surface area contributed by atoms with Gasteiger partial charge >= 0.3 is 0 Å². The molecule has 2 rings (SSSR count). The van der Waals surface area contributed by atoms with Crippen LogP contribution in [-0.4, -0.2) is 15.0 Å². The lowest BCUT2D eigenvalue weighted by atomic mass is 9.91. The highest BCUT2D eigenvalue weighted by Gasteiger charge is 2.12. The molecule has 1 aromatic carbocycles. The lowest BCUT2D eigenvalue weighted by Gasteiger charge is -2.14.